The molecule has 1 aliphatic rings. The van der Waals surface area contributed by atoms with E-state index in [0.717, 1.165) is 0 Å². The molecule has 0 aromatic rings. The number of hydrogen-bond donors (Lipinski definition) is 0. The largest absolute Gasteiger partial charge is 0.366 e. The first-order valence-electron chi connectivity index (χ1n) is 3.07. The lowest BCUT2D eigenvalue weighted by Crippen LogP contribution is -2.25. The number of nitrogens with zero attached hydrogens (tertiary/aromatic N) is 1. The predicted molar refractivity (Wildman–Crippen MR) is 32.7 cm³/mol. The summed E-state index contributed by atoms with van der Waals surface area (Å²) in [5, 5.41) is 0. The fourth-order valence-electron chi connectivity index (χ4n) is 1.18. The Kier molecular flexibility index (Phi) is 1.86. The van der Waals surface area contributed by atoms with E-state index in [2.05, 4.69) is 11.9 Å². The summed E-state index contributed by atoms with van der Waals surface area (Å²) in [7, 11) is 3.87. The van der Waals surface area contributed by atoms with Gasteiger partial charge in [0.05, 0.1) is 0 Å². The molecular formula is C6H13NO. The highest BCUT2D eigenvalue weighted by atomic mass is 16.5. The highest BCUT2D eigenvalue weighted by Gasteiger charge is 2.18. The molecule has 0 spiro atoms. The molecule has 0 aromatic carbocycles. The summed E-state index contributed by atoms with van der Waals surface area (Å²) in [6.45, 7) is 1.19. The molecule has 0 aliphatic carbocycles. The zero-order chi connectivity index (χ0) is 5.98. The first kappa shape index (κ1) is 6.05. The van der Waals surface area contributed by atoms with Crippen molar-refractivity contribution in [3.8, 4) is 0 Å². The SMILES string of the molecule is CO[C@@H]1CCCN1C. The molecule has 1 heterocycles. The van der Waals surface area contributed by atoms with Gasteiger partial charge in [-0.25, -0.2) is 0 Å². The third kappa shape index (κ3) is 1.01. The van der Waals surface area contributed by atoms with E-state index in [1.807, 2.05) is 0 Å². The van der Waals surface area contributed by atoms with E-state index < -0.39 is 0 Å². The summed E-state index contributed by atoms with van der Waals surface area (Å²) >= 11 is 0. The van der Waals surface area contributed by atoms with Crippen LogP contribution in [0.25, 0.3) is 0 Å². The lowest BCUT2D eigenvalue weighted by molar-refractivity contribution is 0.0109. The quantitative estimate of drug-likeness (QED) is 0.498. The van der Waals surface area contributed by atoms with Crippen molar-refractivity contribution in [2.45, 2.75) is 19.1 Å². The number of rotatable bonds is 1. The monoisotopic (exact) mass is 115 g/mol. The number of methoxy groups -OCH3 is 1. The van der Waals surface area contributed by atoms with Gasteiger partial charge < -0.3 is 4.74 Å². The van der Waals surface area contributed by atoms with E-state index in [1.54, 1.807) is 7.11 Å². The van der Waals surface area contributed by atoms with E-state index in [1.165, 1.54) is 19.4 Å². The van der Waals surface area contributed by atoms with E-state index >= 15 is 0 Å². The molecular weight excluding hydrogens is 102 g/mol. The average Bonchev–Trinajstić information content (AvgIpc) is 2.14. The van der Waals surface area contributed by atoms with E-state index in [4.69, 9.17) is 4.74 Å². The zero-order valence-electron chi connectivity index (χ0n) is 5.55. The molecule has 1 rings (SSSR count). The summed E-state index contributed by atoms with van der Waals surface area (Å²) in [6.07, 6.45) is 2.89. The molecule has 1 fully saturated rings. The number of ether oxygens (including phenoxy) is 1. The average molecular weight is 115 g/mol. The summed E-state index contributed by atoms with van der Waals surface area (Å²) in [5.41, 5.74) is 0. The van der Waals surface area contributed by atoms with Crippen LogP contribution in [0.2, 0.25) is 0 Å². The lowest BCUT2D eigenvalue weighted by atomic mass is 10.4. The van der Waals surface area contributed by atoms with Gasteiger partial charge in [-0.15, -0.1) is 0 Å². The van der Waals surface area contributed by atoms with Gasteiger partial charge in [0.1, 0.15) is 6.23 Å². The molecule has 0 saturated carbocycles. The topological polar surface area (TPSA) is 12.5 Å². The first-order valence-corrected chi connectivity index (χ1v) is 3.07. The summed E-state index contributed by atoms with van der Waals surface area (Å²) in [5.74, 6) is 0. The van der Waals surface area contributed by atoms with Crippen LogP contribution in [-0.2, 0) is 4.74 Å². The van der Waals surface area contributed by atoms with Crippen molar-refractivity contribution in [2.75, 3.05) is 20.7 Å². The molecule has 0 radical (unpaired) electrons. The van der Waals surface area contributed by atoms with Crippen molar-refractivity contribution in [1.29, 1.82) is 0 Å². The minimum absolute atomic E-state index is 0.398. The van der Waals surface area contributed by atoms with Crippen LogP contribution < -0.4 is 0 Å². The van der Waals surface area contributed by atoms with Crippen molar-refractivity contribution in [1.82, 2.24) is 4.90 Å². The van der Waals surface area contributed by atoms with Gasteiger partial charge in [-0.3, -0.25) is 4.90 Å². The molecule has 8 heavy (non-hydrogen) atoms. The van der Waals surface area contributed by atoms with Crippen LogP contribution >= 0.6 is 0 Å². The molecule has 1 saturated heterocycles. The Bertz CT molecular complexity index is 74.9. The molecule has 1 aliphatic heterocycles. The molecule has 0 unspecified atom stereocenters. The fraction of sp³-hybridized carbons (Fsp3) is 1.00. The van der Waals surface area contributed by atoms with E-state index in [0.29, 0.717) is 6.23 Å². The summed E-state index contributed by atoms with van der Waals surface area (Å²) < 4.78 is 5.15. The number of hydrogen-bond acceptors (Lipinski definition) is 2. The van der Waals surface area contributed by atoms with Crippen LogP contribution in [0.4, 0.5) is 0 Å². The summed E-state index contributed by atoms with van der Waals surface area (Å²) in [6, 6.07) is 0. The van der Waals surface area contributed by atoms with Crippen molar-refractivity contribution in [3.05, 3.63) is 0 Å². The lowest BCUT2D eigenvalue weighted by Gasteiger charge is -2.16. The van der Waals surface area contributed by atoms with Gasteiger partial charge in [0.2, 0.25) is 0 Å². The van der Waals surface area contributed by atoms with Crippen molar-refractivity contribution in [3.63, 3.8) is 0 Å². The zero-order valence-corrected chi connectivity index (χ0v) is 5.55. The third-order valence-corrected chi connectivity index (χ3v) is 1.73. The van der Waals surface area contributed by atoms with Gasteiger partial charge >= 0.3 is 0 Å². The Morgan fingerprint density at radius 3 is 2.62 bits per heavy atom. The molecule has 0 amide bonds. The van der Waals surface area contributed by atoms with E-state index in [-0.39, 0.29) is 0 Å². The van der Waals surface area contributed by atoms with Crippen LogP contribution in [0.3, 0.4) is 0 Å². The normalized spacial score (nSPS) is 31.5. The minimum Gasteiger partial charge on any atom is -0.366 e. The first-order chi connectivity index (χ1) is 3.84. The second-order valence-electron chi connectivity index (χ2n) is 2.31. The Morgan fingerprint density at radius 2 is 2.38 bits per heavy atom. The maximum absolute atomic E-state index is 5.15. The van der Waals surface area contributed by atoms with Crippen molar-refractivity contribution < 1.29 is 4.74 Å². The predicted octanol–water partition coefficient (Wildman–Crippen LogP) is 0.684. The third-order valence-electron chi connectivity index (χ3n) is 1.73. The number of likely N-dealkylation sites (tertiary alicyclic amines) is 1. The second kappa shape index (κ2) is 2.46. The van der Waals surface area contributed by atoms with Gasteiger partial charge in [-0.05, 0) is 19.9 Å². The van der Waals surface area contributed by atoms with E-state index in [9.17, 15) is 0 Å². The van der Waals surface area contributed by atoms with Crippen LogP contribution in [0, 0.1) is 0 Å². The highest BCUT2D eigenvalue weighted by Crippen LogP contribution is 2.13. The summed E-state index contributed by atoms with van der Waals surface area (Å²) in [4.78, 5) is 2.24. The second-order valence-corrected chi connectivity index (χ2v) is 2.31. The Labute approximate surface area is 50.4 Å². The van der Waals surface area contributed by atoms with Crippen molar-refractivity contribution >= 4 is 0 Å². The Hall–Kier alpha value is -0.0800. The van der Waals surface area contributed by atoms with Crippen LogP contribution in [0.1, 0.15) is 12.8 Å². The fourth-order valence-corrected chi connectivity index (χ4v) is 1.18. The molecule has 1 atom stereocenters. The van der Waals surface area contributed by atoms with Gasteiger partial charge in [0, 0.05) is 13.7 Å². The van der Waals surface area contributed by atoms with Crippen molar-refractivity contribution in [2.24, 2.45) is 0 Å². The maximum Gasteiger partial charge on any atom is 0.110 e. The smallest absolute Gasteiger partial charge is 0.110 e. The van der Waals surface area contributed by atoms with Gasteiger partial charge in [-0.1, -0.05) is 0 Å². The molecule has 2 heteroatoms. The van der Waals surface area contributed by atoms with Crippen LogP contribution in [0.5, 0.6) is 0 Å². The molecule has 2 nitrogen and oxygen atoms in total. The highest BCUT2D eigenvalue weighted by molar-refractivity contribution is 4.66. The maximum atomic E-state index is 5.15. The van der Waals surface area contributed by atoms with Gasteiger partial charge in [0.15, 0.2) is 0 Å². The molecule has 0 N–H and O–H groups in total. The molecule has 0 aromatic heterocycles. The Balaban J connectivity index is 2.30. The molecule has 48 valence electrons. The van der Waals surface area contributed by atoms with Crippen LogP contribution in [-0.4, -0.2) is 31.8 Å². The molecule has 0 bridgehead atoms. The standard InChI is InChI=1S/C6H13NO/c1-7-5-3-4-6(7)8-2/h6H,3-5H2,1-2H3/t6-/m1/s1. The van der Waals surface area contributed by atoms with Gasteiger partial charge in [0.25, 0.3) is 0 Å². The van der Waals surface area contributed by atoms with Gasteiger partial charge in [-0.2, -0.15) is 0 Å². The minimum atomic E-state index is 0.398. The Morgan fingerprint density at radius 1 is 1.62 bits per heavy atom. The van der Waals surface area contributed by atoms with Crippen LogP contribution in [0.15, 0.2) is 0 Å².